The predicted octanol–water partition coefficient (Wildman–Crippen LogP) is 4.01. The summed E-state index contributed by atoms with van der Waals surface area (Å²) in [7, 11) is 0. The SMILES string of the molecule is O=C(CN1C(=O)S/C(=C\C(Br)=C\c2ccccc2)C1=O)N1CCCCC1. The normalized spacial score (nSPS) is 20.2. The summed E-state index contributed by atoms with van der Waals surface area (Å²) in [6.45, 7) is 1.23. The lowest BCUT2D eigenvalue weighted by Crippen LogP contribution is -2.44. The second kappa shape index (κ2) is 8.68. The molecule has 0 spiro atoms. The molecule has 7 heteroatoms. The lowest BCUT2D eigenvalue weighted by atomic mass is 10.1. The third-order valence-corrected chi connectivity index (χ3v) is 5.61. The maximum atomic E-state index is 12.5. The van der Waals surface area contributed by atoms with Crippen LogP contribution in [-0.4, -0.2) is 46.5 Å². The molecule has 1 aromatic carbocycles. The first-order valence-corrected chi connectivity index (χ1v) is 10.1. The quantitative estimate of drug-likeness (QED) is 0.671. The molecule has 0 saturated carbocycles. The van der Waals surface area contributed by atoms with E-state index in [1.807, 2.05) is 36.4 Å². The van der Waals surface area contributed by atoms with Gasteiger partial charge in [-0.2, -0.15) is 0 Å². The van der Waals surface area contributed by atoms with Crippen LogP contribution in [0.1, 0.15) is 24.8 Å². The van der Waals surface area contributed by atoms with Gasteiger partial charge in [-0.05, 0) is 48.7 Å². The molecule has 2 aliphatic rings. The number of nitrogens with zero attached hydrogens (tertiary/aromatic N) is 2. The standard InChI is InChI=1S/C19H19BrN2O3S/c20-15(11-14-7-3-1-4-8-14)12-16-18(24)22(19(25)26-16)13-17(23)21-9-5-2-6-10-21/h1,3-4,7-8,11-12H,2,5-6,9-10,13H2/b15-11-,16-12-. The van der Waals surface area contributed by atoms with Gasteiger partial charge in [0, 0.05) is 17.6 Å². The van der Waals surface area contributed by atoms with Crippen LogP contribution in [0.25, 0.3) is 6.08 Å². The number of halogens is 1. The highest BCUT2D eigenvalue weighted by Crippen LogP contribution is 2.32. The maximum absolute atomic E-state index is 12.5. The van der Waals surface area contributed by atoms with E-state index in [1.54, 1.807) is 11.0 Å². The van der Waals surface area contributed by atoms with E-state index >= 15 is 0 Å². The molecule has 1 aromatic rings. The van der Waals surface area contributed by atoms with E-state index in [0.717, 1.165) is 41.5 Å². The van der Waals surface area contributed by atoms with E-state index in [4.69, 9.17) is 0 Å². The Morgan fingerprint density at radius 2 is 1.81 bits per heavy atom. The Morgan fingerprint density at radius 3 is 2.50 bits per heavy atom. The molecule has 5 nitrogen and oxygen atoms in total. The van der Waals surface area contributed by atoms with Crippen molar-refractivity contribution in [2.75, 3.05) is 19.6 Å². The number of imide groups is 1. The summed E-state index contributed by atoms with van der Waals surface area (Å²) in [6.07, 6.45) is 6.57. The van der Waals surface area contributed by atoms with E-state index in [2.05, 4.69) is 15.9 Å². The Labute approximate surface area is 165 Å². The van der Waals surface area contributed by atoms with Crippen LogP contribution in [0.5, 0.6) is 0 Å². The third-order valence-electron chi connectivity index (χ3n) is 4.25. The summed E-state index contributed by atoms with van der Waals surface area (Å²) >= 11 is 4.29. The van der Waals surface area contributed by atoms with Crippen LogP contribution in [0.4, 0.5) is 4.79 Å². The highest BCUT2D eigenvalue weighted by molar-refractivity contribution is 9.12. The van der Waals surface area contributed by atoms with Gasteiger partial charge < -0.3 is 4.90 Å². The zero-order valence-corrected chi connectivity index (χ0v) is 16.6. The number of carbonyl (C=O) groups is 3. The minimum Gasteiger partial charge on any atom is -0.341 e. The van der Waals surface area contributed by atoms with Gasteiger partial charge in [0.15, 0.2) is 0 Å². The molecule has 3 rings (SSSR count). The number of rotatable bonds is 4. The van der Waals surface area contributed by atoms with Crippen molar-refractivity contribution in [2.24, 2.45) is 0 Å². The fraction of sp³-hybridized carbons (Fsp3) is 0.316. The van der Waals surface area contributed by atoms with Gasteiger partial charge in [-0.15, -0.1) is 0 Å². The van der Waals surface area contributed by atoms with Crippen molar-refractivity contribution in [3.8, 4) is 0 Å². The Balaban J connectivity index is 1.68. The molecule has 0 atom stereocenters. The van der Waals surface area contributed by atoms with E-state index in [1.165, 1.54) is 0 Å². The molecular formula is C19H19BrN2O3S. The number of hydrogen-bond donors (Lipinski definition) is 0. The average molecular weight is 435 g/mol. The van der Waals surface area contributed by atoms with Gasteiger partial charge in [-0.1, -0.05) is 46.3 Å². The molecular weight excluding hydrogens is 416 g/mol. The summed E-state index contributed by atoms with van der Waals surface area (Å²) in [5.41, 5.74) is 0.982. The molecule has 3 amide bonds. The molecule has 2 saturated heterocycles. The fourth-order valence-corrected chi connectivity index (χ4v) is 4.36. The van der Waals surface area contributed by atoms with Crippen LogP contribution in [0.2, 0.25) is 0 Å². The van der Waals surface area contributed by atoms with Crippen LogP contribution >= 0.6 is 27.7 Å². The van der Waals surface area contributed by atoms with E-state index < -0.39 is 11.1 Å². The van der Waals surface area contributed by atoms with E-state index in [0.29, 0.717) is 22.5 Å². The van der Waals surface area contributed by atoms with Gasteiger partial charge in [0.1, 0.15) is 6.54 Å². The van der Waals surface area contributed by atoms with Crippen molar-refractivity contribution >= 4 is 50.8 Å². The van der Waals surface area contributed by atoms with Gasteiger partial charge in [0.05, 0.1) is 4.91 Å². The fourth-order valence-electron chi connectivity index (χ4n) is 2.89. The van der Waals surface area contributed by atoms with Gasteiger partial charge >= 0.3 is 0 Å². The number of thioether (sulfide) groups is 1. The number of hydrogen-bond acceptors (Lipinski definition) is 4. The van der Waals surface area contributed by atoms with Crippen LogP contribution in [0.3, 0.4) is 0 Å². The highest BCUT2D eigenvalue weighted by atomic mass is 79.9. The van der Waals surface area contributed by atoms with Gasteiger partial charge in [-0.25, -0.2) is 0 Å². The number of allylic oxidation sites excluding steroid dienone is 2. The Kier molecular flexibility index (Phi) is 6.32. The molecule has 0 N–H and O–H groups in total. The first kappa shape index (κ1) is 18.9. The van der Waals surface area contributed by atoms with Crippen molar-refractivity contribution < 1.29 is 14.4 Å². The summed E-state index contributed by atoms with van der Waals surface area (Å²) in [6, 6.07) is 9.66. The molecule has 136 valence electrons. The molecule has 0 bridgehead atoms. The molecule has 26 heavy (non-hydrogen) atoms. The smallest absolute Gasteiger partial charge is 0.294 e. The van der Waals surface area contributed by atoms with Crippen molar-refractivity contribution in [1.82, 2.24) is 9.80 Å². The largest absolute Gasteiger partial charge is 0.341 e. The highest BCUT2D eigenvalue weighted by Gasteiger charge is 2.37. The zero-order valence-electron chi connectivity index (χ0n) is 14.2. The summed E-state index contributed by atoms with van der Waals surface area (Å²) < 4.78 is 0.691. The number of amides is 3. The number of benzene rings is 1. The van der Waals surface area contributed by atoms with Crippen LogP contribution in [-0.2, 0) is 9.59 Å². The Hall–Kier alpha value is -1.86. The van der Waals surface area contributed by atoms with Crippen LogP contribution in [0.15, 0.2) is 45.8 Å². The predicted molar refractivity (Wildman–Crippen MR) is 107 cm³/mol. The minimum atomic E-state index is -0.413. The topological polar surface area (TPSA) is 57.7 Å². The lowest BCUT2D eigenvalue weighted by Gasteiger charge is -2.27. The van der Waals surface area contributed by atoms with Crippen molar-refractivity contribution in [3.05, 3.63) is 51.4 Å². The van der Waals surface area contributed by atoms with E-state index in [-0.39, 0.29) is 12.5 Å². The monoisotopic (exact) mass is 434 g/mol. The van der Waals surface area contributed by atoms with Crippen molar-refractivity contribution in [1.29, 1.82) is 0 Å². The second-order valence-electron chi connectivity index (χ2n) is 6.15. The molecule has 0 aromatic heterocycles. The molecule has 2 heterocycles. The molecule has 0 unspecified atom stereocenters. The van der Waals surface area contributed by atoms with Crippen LogP contribution in [0, 0.1) is 0 Å². The van der Waals surface area contributed by atoms with Gasteiger partial charge in [0.25, 0.3) is 11.1 Å². The zero-order chi connectivity index (χ0) is 18.5. The van der Waals surface area contributed by atoms with Crippen LogP contribution < -0.4 is 0 Å². The lowest BCUT2D eigenvalue weighted by molar-refractivity contribution is -0.136. The van der Waals surface area contributed by atoms with Gasteiger partial charge in [-0.3, -0.25) is 19.3 Å². The minimum absolute atomic E-state index is 0.160. The molecule has 2 aliphatic heterocycles. The van der Waals surface area contributed by atoms with Crippen molar-refractivity contribution in [3.63, 3.8) is 0 Å². The summed E-state index contributed by atoms with van der Waals surface area (Å²) in [5, 5.41) is -0.397. The first-order valence-electron chi connectivity index (χ1n) is 8.50. The third kappa shape index (κ3) is 4.65. The number of likely N-dealkylation sites (tertiary alicyclic amines) is 1. The maximum Gasteiger partial charge on any atom is 0.294 e. The first-order chi connectivity index (χ1) is 12.5. The van der Waals surface area contributed by atoms with E-state index in [9.17, 15) is 14.4 Å². The number of carbonyl (C=O) groups excluding carboxylic acids is 3. The second-order valence-corrected chi connectivity index (χ2v) is 8.06. The molecule has 0 radical (unpaired) electrons. The van der Waals surface area contributed by atoms with Gasteiger partial charge in [0.2, 0.25) is 5.91 Å². The molecule has 0 aliphatic carbocycles. The summed E-state index contributed by atoms with van der Waals surface area (Å²) in [5.74, 6) is -0.573. The number of piperidine rings is 1. The Morgan fingerprint density at radius 1 is 1.12 bits per heavy atom. The summed E-state index contributed by atoms with van der Waals surface area (Å²) in [4.78, 5) is 40.1. The average Bonchev–Trinajstić information content (AvgIpc) is 2.90. The molecule has 2 fully saturated rings. The van der Waals surface area contributed by atoms with Crippen molar-refractivity contribution in [2.45, 2.75) is 19.3 Å². The Bertz CT molecular complexity index is 770.